The van der Waals surface area contributed by atoms with Crippen LogP contribution in [0.25, 0.3) is 0 Å². The molecule has 0 saturated carbocycles. The number of H-pyrrole nitrogens is 1. The molecular formula is C25H38N4O3. The molecule has 7 nitrogen and oxygen atoms in total. The summed E-state index contributed by atoms with van der Waals surface area (Å²) in [6.07, 6.45) is 0.203. The molecule has 2 aromatic rings. The maximum absolute atomic E-state index is 13.3. The van der Waals surface area contributed by atoms with Crippen LogP contribution >= 0.6 is 0 Å². The number of aromatic amines is 1. The van der Waals surface area contributed by atoms with Gasteiger partial charge in [0.1, 0.15) is 11.6 Å². The first-order chi connectivity index (χ1) is 14.6. The molecule has 1 unspecified atom stereocenters. The fourth-order valence-electron chi connectivity index (χ4n) is 3.50. The molecule has 1 atom stereocenters. The first kappa shape index (κ1) is 25.4. The third-order valence-corrected chi connectivity index (χ3v) is 5.01. The predicted molar refractivity (Wildman–Crippen MR) is 128 cm³/mol. The number of aromatic nitrogens is 2. The van der Waals surface area contributed by atoms with Crippen molar-refractivity contribution < 1.29 is 14.3 Å². The third kappa shape index (κ3) is 6.84. The largest absolute Gasteiger partial charge is 0.444 e. The monoisotopic (exact) mass is 442 g/mol. The molecule has 1 aromatic carbocycles. The summed E-state index contributed by atoms with van der Waals surface area (Å²) in [5.41, 5.74) is 0.771. The number of nitrogens with one attached hydrogen (secondary N) is 2. The zero-order valence-electron chi connectivity index (χ0n) is 20.9. The molecule has 1 aromatic heterocycles. The molecule has 7 heteroatoms. The van der Waals surface area contributed by atoms with Gasteiger partial charge in [0.15, 0.2) is 5.82 Å². The maximum Gasteiger partial charge on any atom is 0.408 e. The standard InChI is InChI=1S/C25H38N4O3/c1-17(26-22(31)32-24(5,6)7)21(30)29(23(2,3)4)20-15-19(27-28-20)25(8,9)16-18-13-11-10-12-14-18/h10-15,17H,16H2,1-9H3,(H,26,31)(H,27,28). The van der Waals surface area contributed by atoms with E-state index in [4.69, 9.17) is 4.74 Å². The lowest BCUT2D eigenvalue weighted by atomic mass is 9.82. The Morgan fingerprint density at radius 1 is 1.06 bits per heavy atom. The summed E-state index contributed by atoms with van der Waals surface area (Å²) >= 11 is 0. The fraction of sp³-hybridized carbons (Fsp3) is 0.560. The highest BCUT2D eigenvalue weighted by Crippen LogP contribution is 2.31. The summed E-state index contributed by atoms with van der Waals surface area (Å²) in [6.45, 7) is 17.1. The summed E-state index contributed by atoms with van der Waals surface area (Å²) in [5, 5.41) is 10.2. The predicted octanol–water partition coefficient (Wildman–Crippen LogP) is 4.97. The molecule has 1 heterocycles. The number of hydrogen-bond donors (Lipinski definition) is 2. The molecule has 2 N–H and O–H groups in total. The Bertz CT molecular complexity index is 921. The Morgan fingerprint density at radius 2 is 1.66 bits per heavy atom. The van der Waals surface area contributed by atoms with Crippen molar-refractivity contribution in [3.8, 4) is 0 Å². The number of nitrogens with zero attached hydrogens (tertiary/aromatic N) is 2. The van der Waals surface area contributed by atoms with Crippen molar-refractivity contribution in [2.75, 3.05) is 4.90 Å². The average molecular weight is 443 g/mol. The zero-order chi connectivity index (χ0) is 24.3. The average Bonchev–Trinajstić information content (AvgIpc) is 3.09. The number of hydrogen-bond acceptors (Lipinski definition) is 4. The summed E-state index contributed by atoms with van der Waals surface area (Å²) in [7, 11) is 0. The molecule has 0 spiro atoms. The number of carbonyl (C=O) groups excluding carboxylic acids is 2. The molecular weight excluding hydrogens is 404 g/mol. The lowest BCUT2D eigenvalue weighted by Crippen LogP contribution is -2.54. The summed E-state index contributed by atoms with van der Waals surface area (Å²) in [4.78, 5) is 27.1. The second kappa shape index (κ2) is 9.35. The second-order valence-electron chi connectivity index (χ2n) is 10.9. The van der Waals surface area contributed by atoms with E-state index in [-0.39, 0.29) is 11.3 Å². The van der Waals surface area contributed by atoms with Gasteiger partial charge < -0.3 is 10.1 Å². The number of alkyl carbamates (subject to hydrolysis) is 1. The van der Waals surface area contributed by atoms with Crippen molar-refractivity contribution in [3.63, 3.8) is 0 Å². The number of carbonyl (C=O) groups is 2. The van der Waals surface area contributed by atoms with Crippen LogP contribution in [0.4, 0.5) is 10.6 Å². The van der Waals surface area contributed by atoms with Gasteiger partial charge in [-0.2, -0.15) is 5.10 Å². The van der Waals surface area contributed by atoms with Crippen LogP contribution in [0, 0.1) is 0 Å². The van der Waals surface area contributed by atoms with Gasteiger partial charge in [-0.3, -0.25) is 14.8 Å². The van der Waals surface area contributed by atoms with E-state index < -0.39 is 23.3 Å². The van der Waals surface area contributed by atoms with E-state index in [1.54, 1.807) is 32.6 Å². The van der Waals surface area contributed by atoms with Crippen molar-refractivity contribution in [1.82, 2.24) is 15.5 Å². The third-order valence-electron chi connectivity index (χ3n) is 5.01. The summed E-state index contributed by atoms with van der Waals surface area (Å²) < 4.78 is 5.29. The van der Waals surface area contributed by atoms with Crippen molar-refractivity contribution in [1.29, 1.82) is 0 Å². The highest BCUT2D eigenvalue weighted by Gasteiger charge is 2.35. The minimum absolute atomic E-state index is 0.209. The van der Waals surface area contributed by atoms with Crippen molar-refractivity contribution in [3.05, 3.63) is 47.7 Å². The van der Waals surface area contributed by atoms with Crippen LogP contribution in [0.15, 0.2) is 36.4 Å². The lowest BCUT2D eigenvalue weighted by molar-refractivity contribution is -0.121. The molecule has 0 aliphatic heterocycles. The van der Waals surface area contributed by atoms with Crippen LogP contribution in [0.1, 0.15) is 73.6 Å². The molecule has 0 aliphatic rings. The Labute approximate surface area is 191 Å². The number of ether oxygens (including phenoxy) is 1. The molecule has 2 rings (SSSR count). The van der Waals surface area contributed by atoms with Gasteiger partial charge in [-0.1, -0.05) is 44.2 Å². The van der Waals surface area contributed by atoms with E-state index in [0.29, 0.717) is 5.82 Å². The fourth-order valence-corrected chi connectivity index (χ4v) is 3.50. The van der Waals surface area contributed by atoms with Crippen molar-refractivity contribution in [2.45, 2.75) is 91.3 Å². The van der Waals surface area contributed by atoms with E-state index in [1.165, 1.54) is 5.56 Å². The summed E-state index contributed by atoms with van der Waals surface area (Å²) in [6, 6.07) is 11.4. The molecule has 0 aliphatic carbocycles. The lowest BCUT2D eigenvalue weighted by Gasteiger charge is -2.36. The van der Waals surface area contributed by atoms with Crippen molar-refractivity contribution >= 4 is 17.8 Å². The van der Waals surface area contributed by atoms with Crippen LogP contribution in [0.3, 0.4) is 0 Å². The van der Waals surface area contributed by atoms with E-state index in [9.17, 15) is 9.59 Å². The van der Waals surface area contributed by atoms with Gasteiger partial charge in [-0.25, -0.2) is 4.79 Å². The first-order valence-electron chi connectivity index (χ1n) is 11.0. The minimum atomic E-state index is -0.776. The minimum Gasteiger partial charge on any atom is -0.444 e. The van der Waals surface area contributed by atoms with Crippen LogP contribution in [-0.4, -0.2) is 39.4 Å². The van der Waals surface area contributed by atoms with Crippen LogP contribution < -0.4 is 10.2 Å². The normalized spacial score (nSPS) is 13.4. The van der Waals surface area contributed by atoms with Gasteiger partial charge in [0.25, 0.3) is 5.91 Å². The Kier molecular flexibility index (Phi) is 7.43. The van der Waals surface area contributed by atoms with Gasteiger partial charge in [0.05, 0.1) is 0 Å². The number of anilines is 1. The second-order valence-corrected chi connectivity index (χ2v) is 10.9. The van der Waals surface area contributed by atoms with Gasteiger partial charge in [0, 0.05) is 22.7 Å². The molecule has 176 valence electrons. The topological polar surface area (TPSA) is 87.3 Å². The number of amides is 2. The first-order valence-corrected chi connectivity index (χ1v) is 11.0. The number of rotatable bonds is 6. The van der Waals surface area contributed by atoms with Crippen molar-refractivity contribution in [2.24, 2.45) is 0 Å². The van der Waals surface area contributed by atoms with E-state index >= 15 is 0 Å². The number of benzene rings is 1. The van der Waals surface area contributed by atoms with Gasteiger partial charge in [0.2, 0.25) is 0 Å². The van der Waals surface area contributed by atoms with Gasteiger partial charge in [-0.15, -0.1) is 0 Å². The van der Waals surface area contributed by atoms with Gasteiger partial charge in [-0.05, 0) is 60.5 Å². The highest BCUT2D eigenvalue weighted by molar-refractivity contribution is 5.98. The molecule has 0 radical (unpaired) electrons. The van der Waals surface area contributed by atoms with E-state index in [0.717, 1.165) is 12.1 Å². The van der Waals surface area contributed by atoms with Crippen LogP contribution in [0.5, 0.6) is 0 Å². The molecule has 0 saturated heterocycles. The molecule has 0 fully saturated rings. The van der Waals surface area contributed by atoms with E-state index in [2.05, 4.69) is 41.5 Å². The van der Waals surface area contributed by atoms with Crippen LogP contribution in [0.2, 0.25) is 0 Å². The maximum atomic E-state index is 13.3. The molecule has 32 heavy (non-hydrogen) atoms. The van der Waals surface area contributed by atoms with E-state index in [1.807, 2.05) is 45.0 Å². The Hall–Kier alpha value is -2.83. The summed E-state index contributed by atoms with van der Waals surface area (Å²) in [5.74, 6) is 0.263. The quantitative estimate of drug-likeness (QED) is 0.661. The Balaban J connectivity index is 2.24. The molecule has 2 amide bonds. The zero-order valence-corrected chi connectivity index (χ0v) is 20.9. The smallest absolute Gasteiger partial charge is 0.408 e. The highest BCUT2D eigenvalue weighted by atomic mass is 16.6. The SMILES string of the molecule is CC(NC(=O)OC(C)(C)C)C(=O)N(c1cc(C(C)(C)Cc2ccccc2)[nH]n1)C(C)(C)C. The van der Waals surface area contributed by atoms with Crippen LogP contribution in [-0.2, 0) is 21.4 Å². The molecule has 0 bridgehead atoms. The van der Waals surface area contributed by atoms with Gasteiger partial charge >= 0.3 is 6.09 Å². The Morgan fingerprint density at radius 3 is 2.19 bits per heavy atom.